The molecule has 0 saturated carbocycles. The first-order valence-electron chi connectivity index (χ1n) is 11.6. The lowest BCUT2D eigenvalue weighted by molar-refractivity contribution is -0.117. The van der Waals surface area contributed by atoms with E-state index in [0.717, 1.165) is 35.2 Å². The Hall–Kier alpha value is -3.80. The topological polar surface area (TPSA) is 59.1 Å². The molecule has 1 unspecified atom stereocenters. The molecule has 34 heavy (non-hydrogen) atoms. The molecule has 2 aliphatic rings. The van der Waals surface area contributed by atoms with Crippen molar-refractivity contribution in [2.75, 3.05) is 32.2 Å². The minimum Gasteiger partial charge on any atom is -0.493 e. The van der Waals surface area contributed by atoms with Gasteiger partial charge in [0.2, 0.25) is 5.91 Å². The Morgan fingerprint density at radius 3 is 2.35 bits per heavy atom. The molecule has 0 spiro atoms. The standard InChI is InChI=1S/C28H28N2O4/c1-33-24-17-20-13-15-30(27(19-8-4-3-5-9-19)23(20)18-25(24)34-2)28(32)21-10-6-11-22(16-21)29-14-7-12-26(29)31/h3-6,8-11,16-18,27H,7,12-15H2,1-2H3. The summed E-state index contributed by atoms with van der Waals surface area (Å²) in [6.07, 6.45) is 2.12. The first kappa shape index (κ1) is 22.0. The highest BCUT2D eigenvalue weighted by Crippen LogP contribution is 2.41. The molecule has 0 N–H and O–H groups in total. The summed E-state index contributed by atoms with van der Waals surface area (Å²) >= 11 is 0. The highest BCUT2D eigenvalue weighted by atomic mass is 16.5. The average molecular weight is 457 g/mol. The minimum absolute atomic E-state index is 0.0530. The lowest BCUT2D eigenvalue weighted by Gasteiger charge is -2.38. The molecule has 2 aliphatic heterocycles. The van der Waals surface area contributed by atoms with Gasteiger partial charge in [-0.05, 0) is 59.9 Å². The largest absolute Gasteiger partial charge is 0.493 e. The lowest BCUT2D eigenvalue weighted by atomic mass is 9.87. The molecule has 3 aromatic rings. The van der Waals surface area contributed by atoms with E-state index in [9.17, 15) is 9.59 Å². The number of carbonyl (C=O) groups excluding carboxylic acids is 2. The number of carbonyl (C=O) groups is 2. The van der Waals surface area contributed by atoms with Crippen LogP contribution in [0, 0.1) is 0 Å². The van der Waals surface area contributed by atoms with E-state index in [1.807, 2.05) is 59.5 Å². The fourth-order valence-corrected chi connectivity index (χ4v) is 5.05. The lowest BCUT2D eigenvalue weighted by Crippen LogP contribution is -2.40. The Kier molecular flexibility index (Phi) is 5.97. The third kappa shape index (κ3) is 3.89. The summed E-state index contributed by atoms with van der Waals surface area (Å²) in [6.45, 7) is 1.27. The fourth-order valence-electron chi connectivity index (χ4n) is 5.05. The number of hydrogen-bond donors (Lipinski definition) is 0. The second kappa shape index (κ2) is 9.21. The van der Waals surface area contributed by atoms with E-state index in [2.05, 4.69) is 12.1 Å². The Balaban J connectivity index is 1.56. The summed E-state index contributed by atoms with van der Waals surface area (Å²) in [6, 6.07) is 21.3. The summed E-state index contributed by atoms with van der Waals surface area (Å²) in [5.41, 5.74) is 4.59. The summed E-state index contributed by atoms with van der Waals surface area (Å²) in [7, 11) is 3.26. The average Bonchev–Trinajstić information content (AvgIpc) is 3.33. The number of methoxy groups -OCH3 is 2. The molecule has 174 valence electrons. The first-order valence-corrected chi connectivity index (χ1v) is 11.6. The maximum Gasteiger partial charge on any atom is 0.254 e. The van der Waals surface area contributed by atoms with Gasteiger partial charge in [0.25, 0.3) is 5.91 Å². The van der Waals surface area contributed by atoms with Gasteiger partial charge in [-0.15, -0.1) is 0 Å². The van der Waals surface area contributed by atoms with Crippen LogP contribution >= 0.6 is 0 Å². The van der Waals surface area contributed by atoms with Gasteiger partial charge in [0.05, 0.1) is 20.3 Å². The van der Waals surface area contributed by atoms with Gasteiger partial charge in [0.1, 0.15) is 0 Å². The summed E-state index contributed by atoms with van der Waals surface area (Å²) in [5, 5.41) is 0. The Morgan fingerprint density at radius 1 is 0.882 bits per heavy atom. The molecule has 0 aromatic heterocycles. The van der Waals surface area contributed by atoms with E-state index in [1.54, 1.807) is 19.1 Å². The van der Waals surface area contributed by atoms with Gasteiger partial charge in [0, 0.05) is 30.8 Å². The highest BCUT2D eigenvalue weighted by Gasteiger charge is 2.34. The molecule has 0 aliphatic carbocycles. The van der Waals surface area contributed by atoms with Crippen LogP contribution in [0.25, 0.3) is 0 Å². The number of hydrogen-bond acceptors (Lipinski definition) is 4. The molecule has 1 fully saturated rings. The molecule has 1 saturated heterocycles. The zero-order valence-electron chi connectivity index (χ0n) is 19.5. The van der Waals surface area contributed by atoms with Crippen LogP contribution in [-0.4, -0.2) is 44.0 Å². The van der Waals surface area contributed by atoms with Crippen molar-refractivity contribution in [3.8, 4) is 11.5 Å². The molecule has 6 nitrogen and oxygen atoms in total. The molecular formula is C28H28N2O4. The maximum atomic E-state index is 13.9. The summed E-state index contributed by atoms with van der Waals surface area (Å²) in [5.74, 6) is 1.39. The maximum absolute atomic E-state index is 13.9. The second-order valence-electron chi connectivity index (χ2n) is 8.67. The van der Waals surface area contributed by atoms with Gasteiger partial charge in [-0.3, -0.25) is 9.59 Å². The Labute approximate surface area is 199 Å². The SMILES string of the molecule is COc1cc2c(cc1OC)C(c1ccccc1)N(C(=O)c1cccc(N3CCCC3=O)c1)CC2. The van der Waals surface area contributed by atoms with Crippen molar-refractivity contribution in [2.24, 2.45) is 0 Å². The fraction of sp³-hybridized carbons (Fsp3) is 0.286. The zero-order chi connectivity index (χ0) is 23.7. The van der Waals surface area contributed by atoms with E-state index in [1.165, 1.54) is 0 Å². The number of ether oxygens (including phenoxy) is 2. The molecular weight excluding hydrogens is 428 g/mol. The third-order valence-electron chi connectivity index (χ3n) is 6.73. The smallest absolute Gasteiger partial charge is 0.254 e. The van der Waals surface area contributed by atoms with Crippen molar-refractivity contribution in [3.05, 3.63) is 89.0 Å². The number of rotatable bonds is 5. The van der Waals surface area contributed by atoms with E-state index in [0.29, 0.717) is 36.6 Å². The number of benzene rings is 3. The molecule has 6 heteroatoms. The van der Waals surface area contributed by atoms with Crippen LogP contribution in [0.2, 0.25) is 0 Å². The Morgan fingerprint density at radius 2 is 1.65 bits per heavy atom. The van der Waals surface area contributed by atoms with Crippen molar-refractivity contribution in [3.63, 3.8) is 0 Å². The van der Waals surface area contributed by atoms with Crippen molar-refractivity contribution >= 4 is 17.5 Å². The van der Waals surface area contributed by atoms with Crippen LogP contribution in [0.4, 0.5) is 5.69 Å². The van der Waals surface area contributed by atoms with Gasteiger partial charge in [-0.2, -0.15) is 0 Å². The molecule has 0 bridgehead atoms. The number of nitrogens with zero attached hydrogens (tertiary/aromatic N) is 2. The van der Waals surface area contributed by atoms with Gasteiger partial charge >= 0.3 is 0 Å². The normalized spacial score (nSPS) is 17.5. The van der Waals surface area contributed by atoms with E-state index in [-0.39, 0.29) is 17.9 Å². The molecule has 3 aromatic carbocycles. The summed E-state index contributed by atoms with van der Waals surface area (Å²) in [4.78, 5) is 29.8. The zero-order valence-corrected chi connectivity index (χ0v) is 19.5. The molecule has 2 amide bonds. The van der Waals surface area contributed by atoms with Crippen LogP contribution < -0.4 is 14.4 Å². The van der Waals surface area contributed by atoms with Crippen LogP contribution in [0.1, 0.15) is 45.9 Å². The van der Waals surface area contributed by atoms with Crippen LogP contribution in [-0.2, 0) is 11.2 Å². The predicted octanol–water partition coefficient (Wildman–Crippen LogP) is 4.62. The van der Waals surface area contributed by atoms with Crippen LogP contribution in [0.3, 0.4) is 0 Å². The molecule has 5 rings (SSSR count). The predicted molar refractivity (Wildman–Crippen MR) is 131 cm³/mol. The second-order valence-corrected chi connectivity index (χ2v) is 8.67. The number of anilines is 1. The third-order valence-corrected chi connectivity index (χ3v) is 6.73. The van der Waals surface area contributed by atoms with Gasteiger partial charge in [-0.1, -0.05) is 36.4 Å². The van der Waals surface area contributed by atoms with Crippen molar-refractivity contribution in [1.82, 2.24) is 4.90 Å². The summed E-state index contributed by atoms with van der Waals surface area (Å²) < 4.78 is 11.1. The van der Waals surface area contributed by atoms with E-state index < -0.39 is 0 Å². The Bertz CT molecular complexity index is 1220. The van der Waals surface area contributed by atoms with Crippen LogP contribution in [0.15, 0.2) is 66.7 Å². The van der Waals surface area contributed by atoms with Crippen molar-refractivity contribution in [1.29, 1.82) is 0 Å². The van der Waals surface area contributed by atoms with Gasteiger partial charge < -0.3 is 19.3 Å². The first-order chi connectivity index (χ1) is 16.6. The molecule has 1 atom stereocenters. The van der Waals surface area contributed by atoms with Crippen LogP contribution in [0.5, 0.6) is 11.5 Å². The van der Waals surface area contributed by atoms with Crippen molar-refractivity contribution < 1.29 is 19.1 Å². The minimum atomic E-state index is -0.255. The number of amides is 2. The van der Waals surface area contributed by atoms with Crippen molar-refractivity contribution in [2.45, 2.75) is 25.3 Å². The molecule has 2 heterocycles. The number of fused-ring (bicyclic) bond motifs is 1. The van der Waals surface area contributed by atoms with E-state index in [4.69, 9.17) is 9.47 Å². The van der Waals surface area contributed by atoms with E-state index >= 15 is 0 Å². The molecule has 0 radical (unpaired) electrons. The van der Waals surface area contributed by atoms with Gasteiger partial charge in [-0.25, -0.2) is 0 Å². The highest BCUT2D eigenvalue weighted by molar-refractivity contribution is 5.99. The quantitative estimate of drug-likeness (QED) is 0.562. The van der Waals surface area contributed by atoms with Gasteiger partial charge in [0.15, 0.2) is 11.5 Å². The monoisotopic (exact) mass is 456 g/mol.